The molecule has 0 spiro atoms. The number of halogens is 1. The maximum atomic E-state index is 11.4. The highest BCUT2D eigenvalue weighted by Crippen LogP contribution is 2.07. The molecule has 1 aromatic heterocycles. The van der Waals surface area contributed by atoms with Crippen LogP contribution in [0.3, 0.4) is 0 Å². The monoisotopic (exact) mass is 266 g/mol. The number of nitrogens with one attached hydrogen (secondary N) is 1. The molecule has 2 aromatic rings. The van der Waals surface area contributed by atoms with Gasteiger partial charge in [0.05, 0.1) is 12.2 Å². The van der Waals surface area contributed by atoms with Crippen molar-refractivity contribution in [1.82, 2.24) is 10.3 Å². The molecule has 0 aliphatic rings. The summed E-state index contributed by atoms with van der Waals surface area (Å²) in [6, 6.07) is 9.43. The molecule has 1 amide bonds. The fourth-order valence-electron chi connectivity index (χ4n) is 1.30. The molecule has 94 valence electrons. The lowest BCUT2D eigenvalue weighted by atomic mass is 10.2. The number of ether oxygens (including phenoxy) is 1. The van der Waals surface area contributed by atoms with Gasteiger partial charge in [-0.15, -0.1) is 0 Å². The third-order valence-corrected chi connectivity index (χ3v) is 2.32. The van der Waals surface area contributed by atoms with Crippen LogP contribution in [0.2, 0.25) is 5.35 Å². The molecule has 0 aliphatic carbocycles. The van der Waals surface area contributed by atoms with Crippen LogP contribution in [-0.4, -0.2) is 11.1 Å². The van der Waals surface area contributed by atoms with E-state index < -0.39 is 6.09 Å². The number of carbonyl (C=O) groups excluding carboxylic acids is 1. The minimum atomic E-state index is -0.516. The Bertz CT molecular complexity index is 513. The van der Waals surface area contributed by atoms with Crippen LogP contribution in [0.15, 0.2) is 41.0 Å². The summed E-state index contributed by atoms with van der Waals surface area (Å²) in [7, 11) is 0. The number of aromatic nitrogens is 1. The summed E-state index contributed by atoms with van der Waals surface area (Å²) >= 11 is 5.50. The summed E-state index contributed by atoms with van der Waals surface area (Å²) in [5, 5.41) is 2.59. The molecule has 1 N–H and O–H groups in total. The third-order valence-electron chi connectivity index (χ3n) is 2.15. The topological polar surface area (TPSA) is 64.4 Å². The first-order valence-electron chi connectivity index (χ1n) is 5.28. The van der Waals surface area contributed by atoms with Crippen LogP contribution < -0.4 is 5.32 Å². The molecule has 0 fully saturated rings. The Morgan fingerprint density at radius 1 is 1.39 bits per heavy atom. The summed E-state index contributed by atoms with van der Waals surface area (Å²) in [4.78, 5) is 15.2. The van der Waals surface area contributed by atoms with Crippen LogP contribution in [0.5, 0.6) is 0 Å². The van der Waals surface area contributed by atoms with Gasteiger partial charge in [-0.05, 0) is 17.2 Å². The number of hydrogen-bond donors (Lipinski definition) is 1. The molecule has 2 rings (SSSR count). The molecular weight excluding hydrogens is 256 g/mol. The third kappa shape index (κ3) is 3.78. The largest absolute Gasteiger partial charge is 0.445 e. The summed E-state index contributed by atoms with van der Waals surface area (Å²) < 4.78 is 9.80. The molecule has 0 saturated carbocycles. The normalized spacial score (nSPS) is 10.1. The average Bonchev–Trinajstić information content (AvgIpc) is 2.81. The highest BCUT2D eigenvalue weighted by molar-refractivity contribution is 6.27. The van der Waals surface area contributed by atoms with Crippen molar-refractivity contribution in [1.29, 1.82) is 0 Å². The van der Waals surface area contributed by atoms with Crippen LogP contribution in [0.4, 0.5) is 4.79 Å². The first-order valence-corrected chi connectivity index (χ1v) is 5.66. The molecule has 0 saturated heterocycles. The van der Waals surface area contributed by atoms with Crippen LogP contribution in [0.25, 0.3) is 0 Å². The van der Waals surface area contributed by atoms with Crippen molar-refractivity contribution < 1.29 is 13.9 Å². The predicted molar refractivity (Wildman–Crippen MR) is 65.0 cm³/mol. The number of nitrogens with zero attached hydrogens (tertiary/aromatic N) is 1. The molecule has 0 radical (unpaired) electrons. The van der Waals surface area contributed by atoms with Gasteiger partial charge in [-0.2, -0.15) is 0 Å². The maximum absolute atomic E-state index is 11.4. The molecule has 0 bridgehead atoms. The van der Waals surface area contributed by atoms with Crippen molar-refractivity contribution in [3.8, 4) is 0 Å². The summed E-state index contributed by atoms with van der Waals surface area (Å²) in [5.74, 6) is 0. The standard InChI is InChI=1S/C12H11ClN2O3/c13-11-15-10(8-17-11)6-14-12(16)18-7-9-4-2-1-3-5-9/h1-5,8H,6-7H2,(H,14,16). The fraction of sp³-hybridized carbons (Fsp3) is 0.167. The Morgan fingerprint density at radius 3 is 2.83 bits per heavy atom. The number of rotatable bonds is 4. The van der Waals surface area contributed by atoms with Crippen molar-refractivity contribution in [3.63, 3.8) is 0 Å². The Labute approximate surface area is 109 Å². The van der Waals surface area contributed by atoms with Crippen LogP contribution in [0, 0.1) is 0 Å². The van der Waals surface area contributed by atoms with E-state index in [0.29, 0.717) is 5.69 Å². The van der Waals surface area contributed by atoms with Gasteiger partial charge in [0.15, 0.2) is 0 Å². The summed E-state index contributed by atoms with van der Waals surface area (Å²) in [6.45, 7) is 0.441. The number of hydrogen-bond acceptors (Lipinski definition) is 4. The van der Waals surface area contributed by atoms with E-state index in [-0.39, 0.29) is 18.5 Å². The van der Waals surface area contributed by atoms with Gasteiger partial charge in [-0.25, -0.2) is 9.78 Å². The lowest BCUT2D eigenvalue weighted by molar-refractivity contribution is 0.139. The zero-order chi connectivity index (χ0) is 12.8. The van der Waals surface area contributed by atoms with Gasteiger partial charge in [0.25, 0.3) is 5.35 Å². The lowest BCUT2D eigenvalue weighted by Gasteiger charge is -2.05. The minimum absolute atomic E-state index is 0.0458. The predicted octanol–water partition coefficient (Wildman–Crippen LogP) is 2.75. The molecular formula is C12H11ClN2O3. The smallest absolute Gasteiger partial charge is 0.407 e. The van der Waals surface area contributed by atoms with Gasteiger partial charge in [-0.1, -0.05) is 30.3 Å². The Kier molecular flexibility index (Phi) is 4.20. The van der Waals surface area contributed by atoms with Crippen LogP contribution in [-0.2, 0) is 17.9 Å². The second-order valence-corrected chi connectivity index (χ2v) is 3.83. The number of oxazole rings is 1. The average molecular weight is 267 g/mol. The van der Waals surface area contributed by atoms with Crippen LogP contribution in [0.1, 0.15) is 11.3 Å². The van der Waals surface area contributed by atoms with Gasteiger partial charge in [-0.3, -0.25) is 0 Å². The van der Waals surface area contributed by atoms with E-state index in [1.165, 1.54) is 6.26 Å². The first kappa shape index (κ1) is 12.4. The summed E-state index contributed by atoms with van der Waals surface area (Å²) in [5.41, 5.74) is 1.47. The number of alkyl carbamates (subject to hydrolysis) is 1. The molecule has 0 atom stereocenters. The molecule has 0 unspecified atom stereocenters. The van der Waals surface area contributed by atoms with Gasteiger partial charge in [0, 0.05) is 0 Å². The quantitative estimate of drug-likeness (QED) is 0.924. The minimum Gasteiger partial charge on any atom is -0.445 e. The van der Waals surface area contributed by atoms with Gasteiger partial charge >= 0.3 is 6.09 Å². The number of benzene rings is 1. The molecule has 1 heterocycles. The second-order valence-electron chi connectivity index (χ2n) is 3.51. The van der Waals surface area contributed by atoms with Crippen molar-refractivity contribution >= 4 is 17.7 Å². The van der Waals surface area contributed by atoms with Gasteiger partial charge in [0.2, 0.25) is 0 Å². The Balaban J connectivity index is 1.73. The van der Waals surface area contributed by atoms with E-state index in [2.05, 4.69) is 10.3 Å². The summed E-state index contributed by atoms with van der Waals surface area (Å²) in [6.07, 6.45) is 0.859. The SMILES string of the molecule is O=C(NCc1coc(Cl)n1)OCc1ccccc1. The van der Waals surface area contributed by atoms with Crippen molar-refractivity contribution in [2.45, 2.75) is 13.2 Å². The number of amides is 1. The maximum Gasteiger partial charge on any atom is 0.407 e. The molecule has 5 nitrogen and oxygen atoms in total. The number of carbonyl (C=O) groups is 1. The molecule has 18 heavy (non-hydrogen) atoms. The van der Waals surface area contributed by atoms with Gasteiger partial charge < -0.3 is 14.5 Å². The van der Waals surface area contributed by atoms with Crippen molar-refractivity contribution in [2.24, 2.45) is 0 Å². The Morgan fingerprint density at radius 2 is 2.17 bits per heavy atom. The van der Waals surface area contributed by atoms with Crippen LogP contribution >= 0.6 is 11.6 Å². The zero-order valence-corrected chi connectivity index (χ0v) is 10.2. The highest BCUT2D eigenvalue weighted by Gasteiger charge is 2.05. The van der Waals surface area contributed by atoms with E-state index >= 15 is 0 Å². The lowest BCUT2D eigenvalue weighted by Crippen LogP contribution is -2.23. The molecule has 0 aliphatic heterocycles. The van der Waals surface area contributed by atoms with E-state index in [1.54, 1.807) is 0 Å². The zero-order valence-electron chi connectivity index (χ0n) is 9.43. The van der Waals surface area contributed by atoms with E-state index in [4.69, 9.17) is 20.8 Å². The van der Waals surface area contributed by atoms with Crippen molar-refractivity contribution in [3.05, 3.63) is 53.2 Å². The van der Waals surface area contributed by atoms with E-state index in [1.807, 2.05) is 30.3 Å². The van der Waals surface area contributed by atoms with Crippen molar-refractivity contribution in [2.75, 3.05) is 0 Å². The van der Waals surface area contributed by atoms with E-state index in [9.17, 15) is 4.79 Å². The van der Waals surface area contributed by atoms with E-state index in [0.717, 1.165) is 5.56 Å². The highest BCUT2D eigenvalue weighted by atomic mass is 35.5. The molecule has 6 heteroatoms. The Hall–Kier alpha value is -2.01. The first-order chi connectivity index (χ1) is 8.74. The fourth-order valence-corrected chi connectivity index (χ4v) is 1.45. The molecule has 1 aromatic carbocycles. The second kappa shape index (κ2) is 6.07. The van der Waals surface area contributed by atoms with Gasteiger partial charge in [0.1, 0.15) is 12.9 Å².